The Labute approximate surface area is 114 Å². The number of rotatable bonds is 8. The van der Waals surface area contributed by atoms with Gasteiger partial charge in [0.15, 0.2) is 0 Å². The third kappa shape index (κ3) is 5.84. The van der Waals surface area contributed by atoms with Crippen molar-refractivity contribution in [3.05, 3.63) is 0 Å². The van der Waals surface area contributed by atoms with Gasteiger partial charge in [0.1, 0.15) is 5.54 Å². The van der Waals surface area contributed by atoms with Crippen molar-refractivity contribution in [3.8, 4) is 6.07 Å². The summed E-state index contributed by atoms with van der Waals surface area (Å²) in [6, 6.07) is 3.37. The molecule has 0 saturated heterocycles. The Morgan fingerprint density at radius 3 is 2.17 bits per heavy atom. The molecule has 1 N–H and O–H groups in total. The van der Waals surface area contributed by atoms with Crippen molar-refractivity contribution in [3.63, 3.8) is 0 Å². The van der Waals surface area contributed by atoms with E-state index in [1.54, 1.807) is 0 Å². The zero-order valence-corrected chi connectivity index (χ0v) is 13.2. The van der Waals surface area contributed by atoms with E-state index >= 15 is 0 Å². The Bertz CT molecular complexity index is 269. The van der Waals surface area contributed by atoms with Gasteiger partial charge in [0.2, 0.25) is 0 Å². The van der Waals surface area contributed by atoms with E-state index in [4.69, 9.17) is 0 Å². The molecule has 0 aromatic rings. The lowest BCUT2D eigenvalue weighted by molar-refractivity contribution is 0.150. The Hall–Kier alpha value is -0.590. The van der Waals surface area contributed by atoms with Gasteiger partial charge in [0, 0.05) is 12.1 Å². The standard InChI is InChI=1S/C15H31N3/c1-8-17-15(6,11-16)10-14(5)18(7)13(4)9-12(2)3/h12-14,17H,8-10H2,1-7H3. The zero-order chi connectivity index (χ0) is 14.3. The van der Waals surface area contributed by atoms with Crippen molar-refractivity contribution < 1.29 is 0 Å². The summed E-state index contributed by atoms with van der Waals surface area (Å²) >= 11 is 0. The van der Waals surface area contributed by atoms with E-state index in [0.29, 0.717) is 18.0 Å². The fourth-order valence-corrected chi connectivity index (χ4v) is 2.57. The second kappa shape index (κ2) is 7.76. The number of nitriles is 1. The molecule has 0 aliphatic heterocycles. The highest BCUT2D eigenvalue weighted by atomic mass is 15.2. The highest BCUT2D eigenvalue weighted by Gasteiger charge is 2.28. The van der Waals surface area contributed by atoms with Gasteiger partial charge in [-0.1, -0.05) is 20.8 Å². The Morgan fingerprint density at radius 1 is 1.22 bits per heavy atom. The lowest BCUT2D eigenvalue weighted by Gasteiger charge is -2.35. The molecule has 0 amide bonds. The van der Waals surface area contributed by atoms with Gasteiger partial charge in [-0.3, -0.25) is 5.32 Å². The highest BCUT2D eigenvalue weighted by molar-refractivity contribution is 5.05. The maximum Gasteiger partial charge on any atom is 0.105 e. The Morgan fingerprint density at radius 2 is 1.78 bits per heavy atom. The maximum absolute atomic E-state index is 9.30. The van der Waals surface area contributed by atoms with Crippen molar-refractivity contribution in [2.75, 3.05) is 13.6 Å². The van der Waals surface area contributed by atoms with Crippen LogP contribution in [0.5, 0.6) is 0 Å². The van der Waals surface area contributed by atoms with Crippen molar-refractivity contribution >= 4 is 0 Å². The van der Waals surface area contributed by atoms with Crippen LogP contribution in [0.15, 0.2) is 0 Å². The summed E-state index contributed by atoms with van der Waals surface area (Å²) in [7, 11) is 2.17. The SMILES string of the molecule is CCNC(C)(C#N)CC(C)N(C)C(C)CC(C)C. The van der Waals surface area contributed by atoms with Crippen molar-refractivity contribution in [2.24, 2.45) is 5.92 Å². The summed E-state index contributed by atoms with van der Waals surface area (Å²) in [5.74, 6) is 0.714. The van der Waals surface area contributed by atoms with Crippen LogP contribution in [0.3, 0.4) is 0 Å². The Balaban J connectivity index is 4.46. The monoisotopic (exact) mass is 253 g/mol. The third-order valence-electron chi connectivity index (χ3n) is 3.72. The lowest BCUT2D eigenvalue weighted by atomic mass is 9.93. The number of hydrogen-bond acceptors (Lipinski definition) is 3. The normalized spacial score (nSPS) is 18.4. The molecule has 0 saturated carbocycles. The molecule has 3 heteroatoms. The van der Waals surface area contributed by atoms with Crippen LogP contribution in [0, 0.1) is 17.2 Å². The molecule has 0 aliphatic carbocycles. The molecule has 0 heterocycles. The molecule has 0 spiro atoms. The minimum atomic E-state index is -0.417. The van der Waals surface area contributed by atoms with E-state index in [1.165, 1.54) is 6.42 Å². The maximum atomic E-state index is 9.30. The summed E-state index contributed by atoms with van der Waals surface area (Å²) in [4.78, 5) is 2.40. The van der Waals surface area contributed by atoms with Crippen LogP contribution < -0.4 is 5.32 Å². The summed E-state index contributed by atoms with van der Waals surface area (Å²) in [5, 5.41) is 12.6. The van der Waals surface area contributed by atoms with Gasteiger partial charge in [-0.25, -0.2) is 0 Å². The predicted molar refractivity (Wildman–Crippen MR) is 78.5 cm³/mol. The quantitative estimate of drug-likeness (QED) is 0.722. The van der Waals surface area contributed by atoms with Crippen molar-refractivity contribution in [1.82, 2.24) is 10.2 Å². The molecule has 106 valence electrons. The number of hydrogen-bond donors (Lipinski definition) is 1. The van der Waals surface area contributed by atoms with Crippen LogP contribution in [0.25, 0.3) is 0 Å². The van der Waals surface area contributed by atoms with Crippen LogP contribution in [-0.2, 0) is 0 Å². The first-order chi connectivity index (χ1) is 8.25. The fraction of sp³-hybridized carbons (Fsp3) is 0.933. The van der Waals surface area contributed by atoms with Crippen LogP contribution in [-0.4, -0.2) is 36.1 Å². The topological polar surface area (TPSA) is 39.1 Å². The van der Waals surface area contributed by atoms with Crippen LogP contribution >= 0.6 is 0 Å². The van der Waals surface area contributed by atoms with Gasteiger partial charge in [0.25, 0.3) is 0 Å². The van der Waals surface area contributed by atoms with E-state index in [0.717, 1.165) is 13.0 Å². The van der Waals surface area contributed by atoms with E-state index in [1.807, 2.05) is 13.8 Å². The summed E-state index contributed by atoms with van der Waals surface area (Å²) in [6.07, 6.45) is 2.06. The van der Waals surface area contributed by atoms with Gasteiger partial charge in [-0.15, -0.1) is 0 Å². The van der Waals surface area contributed by atoms with E-state index in [2.05, 4.69) is 51.0 Å². The molecule has 0 aliphatic rings. The summed E-state index contributed by atoms with van der Waals surface area (Å²) in [6.45, 7) is 13.9. The summed E-state index contributed by atoms with van der Waals surface area (Å²) in [5.41, 5.74) is -0.417. The Kier molecular flexibility index (Phi) is 7.51. The molecule has 0 bridgehead atoms. The minimum Gasteiger partial charge on any atom is -0.301 e. The first-order valence-electron chi connectivity index (χ1n) is 7.14. The van der Waals surface area contributed by atoms with E-state index in [9.17, 15) is 5.26 Å². The van der Waals surface area contributed by atoms with Crippen LogP contribution in [0.2, 0.25) is 0 Å². The number of nitrogens with one attached hydrogen (secondary N) is 1. The van der Waals surface area contributed by atoms with Crippen molar-refractivity contribution in [2.45, 2.75) is 72.0 Å². The van der Waals surface area contributed by atoms with Gasteiger partial charge < -0.3 is 4.90 Å². The predicted octanol–water partition coefficient (Wildman–Crippen LogP) is 3.02. The lowest BCUT2D eigenvalue weighted by Crippen LogP contribution is -2.48. The molecule has 0 radical (unpaired) electrons. The van der Waals surface area contributed by atoms with E-state index in [-0.39, 0.29) is 0 Å². The number of nitrogens with zero attached hydrogens (tertiary/aromatic N) is 2. The molecular formula is C15H31N3. The molecule has 3 atom stereocenters. The molecule has 3 nitrogen and oxygen atoms in total. The molecule has 0 aromatic carbocycles. The van der Waals surface area contributed by atoms with Gasteiger partial charge >= 0.3 is 0 Å². The second-order valence-electron chi connectivity index (χ2n) is 6.17. The molecule has 0 aromatic heterocycles. The van der Waals surface area contributed by atoms with Gasteiger partial charge in [-0.2, -0.15) is 5.26 Å². The minimum absolute atomic E-state index is 0.405. The second-order valence-corrected chi connectivity index (χ2v) is 6.17. The first kappa shape index (κ1) is 17.4. The first-order valence-corrected chi connectivity index (χ1v) is 7.14. The molecule has 3 unspecified atom stereocenters. The largest absolute Gasteiger partial charge is 0.301 e. The van der Waals surface area contributed by atoms with Gasteiger partial charge in [-0.05, 0) is 53.1 Å². The molecule has 0 rings (SSSR count). The molecular weight excluding hydrogens is 222 g/mol. The van der Waals surface area contributed by atoms with E-state index < -0.39 is 5.54 Å². The molecule has 18 heavy (non-hydrogen) atoms. The average molecular weight is 253 g/mol. The fourth-order valence-electron chi connectivity index (χ4n) is 2.57. The average Bonchev–Trinajstić information content (AvgIpc) is 2.27. The summed E-state index contributed by atoms with van der Waals surface area (Å²) < 4.78 is 0. The van der Waals surface area contributed by atoms with Gasteiger partial charge in [0.05, 0.1) is 6.07 Å². The third-order valence-corrected chi connectivity index (χ3v) is 3.72. The smallest absolute Gasteiger partial charge is 0.105 e. The van der Waals surface area contributed by atoms with Crippen LogP contribution in [0.1, 0.15) is 54.4 Å². The zero-order valence-electron chi connectivity index (χ0n) is 13.2. The highest BCUT2D eigenvalue weighted by Crippen LogP contribution is 2.19. The van der Waals surface area contributed by atoms with Crippen molar-refractivity contribution in [1.29, 1.82) is 5.26 Å². The van der Waals surface area contributed by atoms with Crippen LogP contribution in [0.4, 0.5) is 0 Å². The molecule has 0 fully saturated rings.